The van der Waals surface area contributed by atoms with Gasteiger partial charge in [-0.2, -0.15) is 0 Å². The van der Waals surface area contributed by atoms with E-state index >= 15 is 0 Å². The highest BCUT2D eigenvalue weighted by molar-refractivity contribution is 5.78. The molecule has 0 aromatic heterocycles. The van der Waals surface area contributed by atoms with Crippen molar-refractivity contribution in [2.75, 3.05) is 6.54 Å². The molecule has 1 heterocycles. The number of amides is 1. The second-order valence-corrected chi connectivity index (χ2v) is 2.55. The van der Waals surface area contributed by atoms with E-state index in [4.69, 9.17) is 5.11 Å². The van der Waals surface area contributed by atoms with E-state index in [0.29, 0.717) is 6.54 Å². The van der Waals surface area contributed by atoms with E-state index in [9.17, 15) is 4.79 Å². The van der Waals surface area contributed by atoms with Crippen molar-refractivity contribution in [3.63, 3.8) is 0 Å². The lowest BCUT2D eigenvalue weighted by Gasteiger charge is -2.09. The molecule has 0 saturated carbocycles. The molecule has 0 spiro atoms. The van der Waals surface area contributed by atoms with Crippen molar-refractivity contribution in [1.29, 1.82) is 0 Å². The van der Waals surface area contributed by atoms with E-state index in [1.54, 1.807) is 0 Å². The van der Waals surface area contributed by atoms with E-state index < -0.39 is 6.35 Å². The molecule has 4 nitrogen and oxygen atoms in total. The molecule has 2 atom stereocenters. The van der Waals surface area contributed by atoms with Crippen LogP contribution in [-0.4, -0.2) is 23.9 Å². The third-order valence-electron chi connectivity index (χ3n) is 1.64. The van der Waals surface area contributed by atoms with Crippen molar-refractivity contribution in [2.45, 2.75) is 19.7 Å². The van der Waals surface area contributed by atoms with Crippen LogP contribution in [0.25, 0.3) is 0 Å². The zero-order valence-electron chi connectivity index (χ0n) is 5.92. The van der Waals surface area contributed by atoms with Crippen molar-refractivity contribution in [2.24, 2.45) is 5.92 Å². The van der Waals surface area contributed by atoms with Crippen LogP contribution < -0.4 is 10.6 Å². The maximum absolute atomic E-state index is 10.9. The maximum atomic E-state index is 10.9. The van der Waals surface area contributed by atoms with Crippen molar-refractivity contribution < 1.29 is 9.90 Å². The molecule has 10 heavy (non-hydrogen) atoms. The van der Waals surface area contributed by atoms with Gasteiger partial charge < -0.3 is 10.4 Å². The summed E-state index contributed by atoms with van der Waals surface area (Å²) in [5.74, 6) is -0.0813. The fourth-order valence-corrected chi connectivity index (χ4v) is 0.896. The quantitative estimate of drug-likeness (QED) is 0.409. The number of carbonyl (C=O) groups excluding carboxylic acids is 1. The van der Waals surface area contributed by atoms with E-state index in [1.165, 1.54) is 0 Å². The van der Waals surface area contributed by atoms with Crippen LogP contribution in [0.4, 0.5) is 0 Å². The average Bonchev–Trinajstić information content (AvgIpc) is 1.96. The lowest BCUT2D eigenvalue weighted by molar-refractivity contribution is -0.126. The van der Waals surface area contributed by atoms with Gasteiger partial charge in [-0.1, -0.05) is 6.92 Å². The highest BCUT2D eigenvalue weighted by Crippen LogP contribution is 2.02. The van der Waals surface area contributed by atoms with Gasteiger partial charge in [-0.25, -0.2) is 0 Å². The van der Waals surface area contributed by atoms with Gasteiger partial charge in [0, 0.05) is 5.92 Å². The summed E-state index contributed by atoms with van der Waals surface area (Å²) in [6, 6.07) is 0. The summed E-state index contributed by atoms with van der Waals surface area (Å²) in [5.41, 5.74) is 0. The first-order valence-electron chi connectivity index (χ1n) is 3.42. The first-order valence-corrected chi connectivity index (χ1v) is 3.42. The lowest BCUT2D eigenvalue weighted by Crippen LogP contribution is -2.43. The Balaban J connectivity index is 2.49. The minimum Gasteiger partial charge on any atom is -0.361 e. The van der Waals surface area contributed by atoms with Gasteiger partial charge in [-0.15, -0.1) is 0 Å². The molecule has 1 rings (SSSR count). The molecule has 1 aliphatic heterocycles. The van der Waals surface area contributed by atoms with Gasteiger partial charge in [-0.05, 0) is 13.0 Å². The largest absolute Gasteiger partial charge is 0.361 e. The van der Waals surface area contributed by atoms with Crippen LogP contribution in [0.3, 0.4) is 0 Å². The average molecular weight is 144 g/mol. The van der Waals surface area contributed by atoms with Crippen LogP contribution in [-0.2, 0) is 4.79 Å². The van der Waals surface area contributed by atoms with Gasteiger partial charge in [-0.3, -0.25) is 10.1 Å². The number of aliphatic hydroxyl groups is 1. The third kappa shape index (κ3) is 1.68. The van der Waals surface area contributed by atoms with Crippen LogP contribution in [0, 0.1) is 5.92 Å². The van der Waals surface area contributed by atoms with E-state index in [-0.39, 0.29) is 11.8 Å². The molecule has 0 radical (unpaired) electrons. The third-order valence-corrected chi connectivity index (χ3v) is 1.64. The molecule has 0 aromatic rings. The number of hydrogen-bond acceptors (Lipinski definition) is 3. The fraction of sp³-hybridized carbons (Fsp3) is 0.833. The molecule has 1 aliphatic rings. The first-order chi connectivity index (χ1) is 4.70. The zero-order valence-corrected chi connectivity index (χ0v) is 5.92. The maximum Gasteiger partial charge on any atom is 0.225 e. The summed E-state index contributed by atoms with van der Waals surface area (Å²) in [7, 11) is 0. The second-order valence-electron chi connectivity index (χ2n) is 2.55. The van der Waals surface area contributed by atoms with Gasteiger partial charge in [0.1, 0.15) is 0 Å². The molecule has 0 aromatic carbocycles. The van der Waals surface area contributed by atoms with Crippen LogP contribution >= 0.6 is 0 Å². The van der Waals surface area contributed by atoms with Gasteiger partial charge in [0.2, 0.25) is 5.91 Å². The molecular formula is C6H12N2O2. The zero-order chi connectivity index (χ0) is 7.56. The van der Waals surface area contributed by atoms with Crippen molar-refractivity contribution in [3.8, 4) is 0 Å². The van der Waals surface area contributed by atoms with Crippen molar-refractivity contribution in [3.05, 3.63) is 0 Å². The van der Waals surface area contributed by atoms with Gasteiger partial charge in [0.15, 0.2) is 6.35 Å². The standard InChI is InChI=1S/C6H12N2O2/c1-4-2-3-7-6(10)8-5(4)9/h4,6-7,10H,2-3H2,1H3,(H,8,9)/t4?,6-/m0/s1. The lowest BCUT2D eigenvalue weighted by atomic mass is 10.1. The Bertz CT molecular complexity index is 138. The van der Waals surface area contributed by atoms with Gasteiger partial charge in [0.05, 0.1) is 0 Å². The van der Waals surface area contributed by atoms with Crippen LogP contribution in [0.5, 0.6) is 0 Å². The minimum absolute atomic E-state index is 0.00431. The normalized spacial score (nSPS) is 34.8. The molecule has 1 fully saturated rings. The topological polar surface area (TPSA) is 61.4 Å². The Morgan fingerprint density at radius 3 is 3.10 bits per heavy atom. The molecule has 58 valence electrons. The minimum atomic E-state index is -0.863. The summed E-state index contributed by atoms with van der Waals surface area (Å²) < 4.78 is 0. The molecule has 0 aliphatic carbocycles. The second kappa shape index (κ2) is 2.98. The van der Waals surface area contributed by atoms with E-state index in [0.717, 1.165) is 6.42 Å². The Labute approximate surface area is 59.6 Å². The fourth-order valence-electron chi connectivity index (χ4n) is 0.896. The Hall–Kier alpha value is -0.610. The molecule has 1 unspecified atom stereocenters. The Kier molecular flexibility index (Phi) is 2.24. The molecule has 1 saturated heterocycles. The monoisotopic (exact) mass is 144 g/mol. The number of nitrogens with one attached hydrogen (secondary N) is 2. The van der Waals surface area contributed by atoms with Crippen LogP contribution in [0.2, 0.25) is 0 Å². The number of aliphatic hydroxyl groups excluding tert-OH is 1. The molecule has 0 bridgehead atoms. The van der Waals surface area contributed by atoms with Crippen molar-refractivity contribution >= 4 is 5.91 Å². The Morgan fingerprint density at radius 2 is 2.40 bits per heavy atom. The summed E-state index contributed by atoms with van der Waals surface area (Å²) in [6.07, 6.45) is -0.0828. The molecule has 1 amide bonds. The van der Waals surface area contributed by atoms with Gasteiger partial charge in [0.25, 0.3) is 0 Å². The summed E-state index contributed by atoms with van der Waals surface area (Å²) in [4.78, 5) is 10.9. The molecule has 3 N–H and O–H groups in total. The number of rotatable bonds is 0. The van der Waals surface area contributed by atoms with E-state index in [1.807, 2.05) is 6.92 Å². The highest BCUT2D eigenvalue weighted by Gasteiger charge is 2.19. The molecular weight excluding hydrogens is 132 g/mol. The first kappa shape index (κ1) is 7.50. The van der Waals surface area contributed by atoms with Crippen LogP contribution in [0.1, 0.15) is 13.3 Å². The van der Waals surface area contributed by atoms with E-state index in [2.05, 4.69) is 10.6 Å². The summed E-state index contributed by atoms with van der Waals surface area (Å²) in [6.45, 7) is 2.52. The summed E-state index contributed by atoms with van der Waals surface area (Å²) in [5, 5.41) is 14.1. The molecule has 4 heteroatoms. The predicted molar refractivity (Wildman–Crippen MR) is 35.9 cm³/mol. The smallest absolute Gasteiger partial charge is 0.225 e. The Morgan fingerprint density at radius 1 is 1.70 bits per heavy atom. The van der Waals surface area contributed by atoms with Crippen molar-refractivity contribution in [1.82, 2.24) is 10.6 Å². The SMILES string of the molecule is CC1CCN[C@H](O)NC1=O. The van der Waals surface area contributed by atoms with Gasteiger partial charge >= 0.3 is 0 Å². The van der Waals surface area contributed by atoms with Crippen LogP contribution in [0.15, 0.2) is 0 Å². The predicted octanol–water partition coefficient (Wildman–Crippen LogP) is -0.992. The number of hydrogen-bond donors (Lipinski definition) is 3. The summed E-state index contributed by atoms with van der Waals surface area (Å²) >= 11 is 0. The highest BCUT2D eigenvalue weighted by atomic mass is 16.3. The number of carbonyl (C=O) groups is 1.